The standard InChI is InChI=1S/C17H13Cl2N3OS/c18-13-2-1-3-14(19)16(13)17-22-12(10-24-17)8-15(23)21-9-11-4-6-20-7-5-11/h1-7,10H,8-9H2,(H,21,23). The summed E-state index contributed by atoms with van der Waals surface area (Å²) in [6.45, 7) is 0.467. The van der Waals surface area contributed by atoms with E-state index in [-0.39, 0.29) is 12.3 Å². The summed E-state index contributed by atoms with van der Waals surface area (Å²) in [5, 5.41) is 6.52. The molecule has 2 heterocycles. The summed E-state index contributed by atoms with van der Waals surface area (Å²) in [6.07, 6.45) is 3.60. The average molecular weight is 378 g/mol. The maximum atomic E-state index is 12.1. The summed E-state index contributed by atoms with van der Waals surface area (Å²) in [5.74, 6) is -0.0890. The van der Waals surface area contributed by atoms with Crippen molar-refractivity contribution in [3.63, 3.8) is 0 Å². The summed E-state index contributed by atoms with van der Waals surface area (Å²) in [7, 11) is 0. The number of thiazole rings is 1. The minimum atomic E-state index is -0.0890. The Kier molecular flexibility index (Phi) is 5.45. The van der Waals surface area contributed by atoms with Crippen LogP contribution in [0.4, 0.5) is 0 Å². The van der Waals surface area contributed by atoms with Crippen LogP contribution >= 0.6 is 34.5 Å². The van der Waals surface area contributed by atoms with Gasteiger partial charge in [-0.25, -0.2) is 4.98 Å². The highest BCUT2D eigenvalue weighted by atomic mass is 35.5. The highest BCUT2D eigenvalue weighted by molar-refractivity contribution is 7.13. The van der Waals surface area contributed by atoms with Crippen molar-refractivity contribution >= 4 is 40.4 Å². The van der Waals surface area contributed by atoms with Crippen LogP contribution in [0.5, 0.6) is 0 Å². The lowest BCUT2D eigenvalue weighted by molar-refractivity contribution is -0.120. The molecule has 0 fully saturated rings. The van der Waals surface area contributed by atoms with Crippen LogP contribution in [-0.2, 0) is 17.8 Å². The van der Waals surface area contributed by atoms with E-state index < -0.39 is 0 Å². The molecule has 4 nitrogen and oxygen atoms in total. The molecule has 0 aliphatic carbocycles. The van der Waals surface area contributed by atoms with Crippen LogP contribution in [0, 0.1) is 0 Å². The highest BCUT2D eigenvalue weighted by Gasteiger charge is 2.14. The fourth-order valence-electron chi connectivity index (χ4n) is 2.13. The number of carbonyl (C=O) groups excluding carboxylic acids is 1. The molecule has 0 aliphatic rings. The Morgan fingerprint density at radius 1 is 1.12 bits per heavy atom. The lowest BCUT2D eigenvalue weighted by atomic mass is 10.2. The largest absolute Gasteiger partial charge is 0.352 e. The molecule has 1 aromatic carbocycles. The minimum Gasteiger partial charge on any atom is -0.352 e. The maximum absolute atomic E-state index is 12.1. The average Bonchev–Trinajstić information content (AvgIpc) is 3.02. The topological polar surface area (TPSA) is 54.9 Å². The third-order valence-corrected chi connectivity index (χ3v) is 4.85. The van der Waals surface area contributed by atoms with Crippen molar-refractivity contribution in [2.75, 3.05) is 0 Å². The number of nitrogens with one attached hydrogen (secondary N) is 1. The van der Waals surface area contributed by atoms with Gasteiger partial charge < -0.3 is 5.32 Å². The zero-order chi connectivity index (χ0) is 16.9. The molecular formula is C17H13Cl2N3OS. The molecule has 0 saturated heterocycles. The second kappa shape index (κ2) is 7.75. The van der Waals surface area contributed by atoms with Crippen molar-refractivity contribution in [1.29, 1.82) is 0 Å². The van der Waals surface area contributed by atoms with Crippen molar-refractivity contribution in [3.8, 4) is 10.6 Å². The van der Waals surface area contributed by atoms with Crippen molar-refractivity contribution in [2.45, 2.75) is 13.0 Å². The molecule has 1 N–H and O–H groups in total. The molecule has 24 heavy (non-hydrogen) atoms. The second-order valence-corrected chi connectivity index (χ2v) is 6.72. The molecule has 0 radical (unpaired) electrons. The van der Waals surface area contributed by atoms with Gasteiger partial charge in [0.05, 0.1) is 22.2 Å². The third kappa shape index (κ3) is 4.12. The Bertz CT molecular complexity index is 832. The van der Waals surface area contributed by atoms with Gasteiger partial charge in [0.25, 0.3) is 0 Å². The zero-order valence-electron chi connectivity index (χ0n) is 12.5. The molecule has 3 aromatic rings. The number of aromatic nitrogens is 2. The lowest BCUT2D eigenvalue weighted by Crippen LogP contribution is -2.24. The first-order valence-corrected chi connectivity index (χ1v) is 8.81. The summed E-state index contributed by atoms with van der Waals surface area (Å²) < 4.78 is 0. The lowest BCUT2D eigenvalue weighted by Gasteiger charge is -2.04. The summed E-state index contributed by atoms with van der Waals surface area (Å²) in [4.78, 5) is 20.5. The smallest absolute Gasteiger partial charge is 0.226 e. The number of halogens is 2. The van der Waals surface area contributed by atoms with Gasteiger partial charge in [0.1, 0.15) is 5.01 Å². The fourth-order valence-corrected chi connectivity index (χ4v) is 3.71. The van der Waals surface area contributed by atoms with E-state index in [4.69, 9.17) is 23.2 Å². The molecule has 0 unspecified atom stereocenters. The zero-order valence-corrected chi connectivity index (χ0v) is 14.8. The first-order chi connectivity index (χ1) is 11.6. The van der Waals surface area contributed by atoms with Crippen LogP contribution in [0.15, 0.2) is 48.1 Å². The number of pyridine rings is 1. The predicted molar refractivity (Wildman–Crippen MR) is 97.4 cm³/mol. The third-order valence-electron chi connectivity index (χ3n) is 3.31. The van der Waals surface area contributed by atoms with E-state index >= 15 is 0 Å². The molecule has 0 bridgehead atoms. The monoisotopic (exact) mass is 377 g/mol. The maximum Gasteiger partial charge on any atom is 0.226 e. The molecule has 0 saturated carbocycles. The summed E-state index contributed by atoms with van der Waals surface area (Å²) in [6, 6.07) is 9.05. The number of hydrogen-bond acceptors (Lipinski definition) is 4. The first-order valence-electron chi connectivity index (χ1n) is 7.18. The van der Waals surface area contributed by atoms with Crippen molar-refractivity contribution < 1.29 is 4.79 Å². The number of benzene rings is 1. The quantitative estimate of drug-likeness (QED) is 0.717. The molecule has 7 heteroatoms. The Morgan fingerprint density at radius 3 is 2.54 bits per heavy atom. The van der Waals surface area contributed by atoms with Gasteiger partial charge in [0.2, 0.25) is 5.91 Å². The van der Waals surface area contributed by atoms with Crippen molar-refractivity contribution in [3.05, 3.63) is 69.4 Å². The van der Waals surface area contributed by atoms with Gasteiger partial charge in [0, 0.05) is 29.9 Å². The number of carbonyl (C=O) groups is 1. The van der Waals surface area contributed by atoms with Crippen LogP contribution in [-0.4, -0.2) is 15.9 Å². The van der Waals surface area contributed by atoms with Gasteiger partial charge in [-0.15, -0.1) is 11.3 Å². The summed E-state index contributed by atoms with van der Waals surface area (Å²) >= 11 is 13.8. The van der Waals surface area contributed by atoms with Gasteiger partial charge in [0.15, 0.2) is 0 Å². The van der Waals surface area contributed by atoms with Crippen LogP contribution in [0.3, 0.4) is 0 Å². The van der Waals surface area contributed by atoms with Gasteiger partial charge in [-0.1, -0.05) is 29.3 Å². The van der Waals surface area contributed by atoms with Gasteiger partial charge in [-0.05, 0) is 29.8 Å². The summed E-state index contributed by atoms with van der Waals surface area (Å²) in [5.41, 5.74) is 2.40. The normalized spacial score (nSPS) is 10.6. The number of amides is 1. The van der Waals surface area contributed by atoms with Crippen LogP contribution in [0.1, 0.15) is 11.3 Å². The van der Waals surface area contributed by atoms with Gasteiger partial charge in [-0.3, -0.25) is 9.78 Å². The molecule has 2 aromatic heterocycles. The minimum absolute atomic E-state index is 0.0890. The van der Waals surface area contributed by atoms with E-state index in [1.807, 2.05) is 17.5 Å². The predicted octanol–water partition coefficient (Wildman–Crippen LogP) is 4.37. The molecule has 122 valence electrons. The molecule has 3 rings (SSSR count). The van der Waals surface area contributed by atoms with Crippen LogP contribution < -0.4 is 5.32 Å². The Balaban J connectivity index is 1.65. The molecular weight excluding hydrogens is 365 g/mol. The van der Waals surface area contributed by atoms with E-state index in [0.29, 0.717) is 32.9 Å². The highest BCUT2D eigenvalue weighted by Crippen LogP contribution is 2.36. The van der Waals surface area contributed by atoms with Gasteiger partial charge in [-0.2, -0.15) is 0 Å². The molecule has 0 atom stereocenters. The van der Waals surface area contributed by atoms with Crippen LogP contribution in [0.25, 0.3) is 10.6 Å². The first kappa shape index (κ1) is 16.9. The molecule has 0 spiro atoms. The van der Waals surface area contributed by atoms with E-state index in [1.165, 1.54) is 11.3 Å². The van der Waals surface area contributed by atoms with E-state index in [0.717, 1.165) is 5.56 Å². The number of hydrogen-bond donors (Lipinski definition) is 1. The molecule has 0 aliphatic heterocycles. The number of rotatable bonds is 5. The van der Waals surface area contributed by atoms with Crippen molar-refractivity contribution in [2.24, 2.45) is 0 Å². The Labute approximate surface area is 153 Å². The van der Waals surface area contributed by atoms with Crippen LogP contribution in [0.2, 0.25) is 10.0 Å². The van der Waals surface area contributed by atoms with E-state index in [9.17, 15) is 4.79 Å². The van der Waals surface area contributed by atoms with E-state index in [1.54, 1.807) is 30.6 Å². The van der Waals surface area contributed by atoms with Crippen molar-refractivity contribution in [1.82, 2.24) is 15.3 Å². The Hall–Kier alpha value is -1.95. The molecule has 1 amide bonds. The fraction of sp³-hybridized carbons (Fsp3) is 0.118. The number of nitrogens with zero attached hydrogens (tertiary/aromatic N) is 2. The second-order valence-electron chi connectivity index (χ2n) is 5.05. The SMILES string of the molecule is O=C(Cc1csc(-c2c(Cl)cccc2Cl)n1)NCc1ccncc1. The van der Waals surface area contributed by atoms with Gasteiger partial charge >= 0.3 is 0 Å². The Morgan fingerprint density at radius 2 is 1.83 bits per heavy atom. The van der Waals surface area contributed by atoms with E-state index in [2.05, 4.69) is 15.3 Å².